The summed E-state index contributed by atoms with van der Waals surface area (Å²) < 4.78 is 11.3. The Morgan fingerprint density at radius 1 is 1.13 bits per heavy atom. The summed E-state index contributed by atoms with van der Waals surface area (Å²) in [5, 5.41) is 3.31. The van der Waals surface area contributed by atoms with Crippen LogP contribution in [-0.4, -0.2) is 62.8 Å². The number of esters is 1. The van der Waals surface area contributed by atoms with Crippen LogP contribution < -0.4 is 10.1 Å². The van der Waals surface area contributed by atoms with E-state index in [1.165, 1.54) is 12.8 Å². The monoisotopic (exact) mass is 431 g/mol. The van der Waals surface area contributed by atoms with E-state index < -0.39 is 0 Å². The fourth-order valence-electron chi connectivity index (χ4n) is 5.40. The Hall–Kier alpha value is -2.08. The first kappa shape index (κ1) is 23.6. The number of hydrogen-bond donors (Lipinski definition) is 1. The molecule has 0 unspecified atom stereocenters. The van der Waals surface area contributed by atoms with Gasteiger partial charge in [0.25, 0.3) is 0 Å². The van der Waals surface area contributed by atoms with Crippen molar-refractivity contribution in [3.05, 3.63) is 30.3 Å². The lowest BCUT2D eigenvalue weighted by Crippen LogP contribution is -2.49. The van der Waals surface area contributed by atoms with Gasteiger partial charge >= 0.3 is 5.97 Å². The van der Waals surface area contributed by atoms with Gasteiger partial charge in [-0.15, -0.1) is 0 Å². The summed E-state index contributed by atoms with van der Waals surface area (Å²) in [5.74, 6) is 1.28. The SMILES string of the molecule is CC1(C)[C@H]2CC[C@]1(C)[C@@H](NC(=O)CC[N+](C)(C)CC(=O)OCCOc1ccccc1)C2. The van der Waals surface area contributed by atoms with Crippen molar-refractivity contribution in [1.29, 1.82) is 0 Å². The summed E-state index contributed by atoms with van der Waals surface area (Å²) in [6, 6.07) is 9.72. The minimum absolute atomic E-state index is 0.0883. The second-order valence-corrected chi connectivity index (χ2v) is 10.7. The number of amides is 1. The highest BCUT2D eigenvalue weighted by Gasteiger charge is 2.61. The van der Waals surface area contributed by atoms with Crippen molar-refractivity contribution in [1.82, 2.24) is 5.32 Å². The molecule has 0 spiro atoms. The van der Waals surface area contributed by atoms with Gasteiger partial charge in [-0.3, -0.25) is 4.79 Å². The van der Waals surface area contributed by atoms with E-state index in [-0.39, 0.29) is 41.9 Å². The maximum absolute atomic E-state index is 12.7. The molecule has 2 aliphatic rings. The maximum atomic E-state index is 12.7. The second kappa shape index (κ2) is 9.19. The molecule has 172 valence electrons. The lowest BCUT2D eigenvalue weighted by Gasteiger charge is -2.39. The molecule has 1 aromatic rings. The van der Waals surface area contributed by atoms with Gasteiger partial charge in [0, 0.05) is 6.04 Å². The molecule has 1 N–H and O–H groups in total. The van der Waals surface area contributed by atoms with Crippen molar-refractivity contribution in [2.24, 2.45) is 16.7 Å². The first-order valence-electron chi connectivity index (χ1n) is 11.5. The maximum Gasteiger partial charge on any atom is 0.361 e. The van der Waals surface area contributed by atoms with E-state index in [1.54, 1.807) is 0 Å². The summed E-state index contributed by atoms with van der Waals surface area (Å²) in [7, 11) is 3.91. The average molecular weight is 432 g/mol. The zero-order chi connectivity index (χ0) is 22.7. The van der Waals surface area contributed by atoms with Gasteiger partial charge in [0.2, 0.25) is 5.91 Å². The van der Waals surface area contributed by atoms with Crippen LogP contribution in [-0.2, 0) is 14.3 Å². The predicted octanol–water partition coefficient (Wildman–Crippen LogP) is 3.41. The Kier molecular flexibility index (Phi) is 6.99. The minimum Gasteiger partial charge on any atom is -0.490 e. The summed E-state index contributed by atoms with van der Waals surface area (Å²) >= 11 is 0. The van der Waals surface area contributed by atoms with Crippen LogP contribution in [0.2, 0.25) is 0 Å². The molecule has 31 heavy (non-hydrogen) atoms. The molecule has 6 heteroatoms. The van der Waals surface area contributed by atoms with Crippen LogP contribution in [0.3, 0.4) is 0 Å². The lowest BCUT2D eigenvalue weighted by molar-refractivity contribution is -0.882. The number of hydrogen-bond acceptors (Lipinski definition) is 4. The largest absolute Gasteiger partial charge is 0.490 e. The number of carbonyl (C=O) groups excluding carboxylic acids is 2. The molecule has 0 aliphatic heterocycles. The van der Waals surface area contributed by atoms with Crippen molar-refractivity contribution < 1.29 is 23.5 Å². The van der Waals surface area contributed by atoms with Gasteiger partial charge in [0.05, 0.1) is 27.1 Å². The topological polar surface area (TPSA) is 64.6 Å². The predicted molar refractivity (Wildman–Crippen MR) is 121 cm³/mol. The normalized spacial score (nSPS) is 26.5. The Labute approximate surface area is 186 Å². The van der Waals surface area contributed by atoms with Crippen molar-refractivity contribution >= 4 is 11.9 Å². The molecule has 0 radical (unpaired) electrons. The van der Waals surface area contributed by atoms with E-state index >= 15 is 0 Å². The van der Waals surface area contributed by atoms with E-state index in [1.807, 2.05) is 44.4 Å². The number of carbonyl (C=O) groups is 2. The lowest BCUT2D eigenvalue weighted by atomic mass is 9.69. The second-order valence-electron chi connectivity index (χ2n) is 10.7. The van der Waals surface area contributed by atoms with Crippen LogP contribution in [0.5, 0.6) is 5.75 Å². The molecule has 2 saturated carbocycles. The number of ether oxygens (including phenoxy) is 2. The van der Waals surface area contributed by atoms with Crippen molar-refractivity contribution in [3.8, 4) is 5.75 Å². The number of rotatable bonds is 10. The first-order chi connectivity index (χ1) is 14.5. The number of quaternary nitrogens is 1. The van der Waals surface area contributed by atoms with Crippen molar-refractivity contribution in [2.45, 2.75) is 52.5 Å². The third-order valence-corrected chi connectivity index (χ3v) is 7.99. The molecule has 2 fully saturated rings. The molecule has 3 rings (SSSR count). The van der Waals surface area contributed by atoms with Crippen LogP contribution >= 0.6 is 0 Å². The van der Waals surface area contributed by atoms with E-state index in [0.29, 0.717) is 30.0 Å². The Morgan fingerprint density at radius 3 is 2.45 bits per heavy atom. The molecule has 1 aromatic carbocycles. The summed E-state index contributed by atoms with van der Waals surface area (Å²) in [4.78, 5) is 24.9. The van der Waals surface area contributed by atoms with Gasteiger partial charge < -0.3 is 19.3 Å². The molecule has 0 heterocycles. The number of nitrogens with one attached hydrogen (secondary N) is 1. The molecule has 1 amide bonds. The van der Waals surface area contributed by atoms with Gasteiger partial charge in [0.15, 0.2) is 6.54 Å². The summed E-state index contributed by atoms with van der Waals surface area (Å²) in [6.07, 6.45) is 3.97. The number of benzene rings is 1. The van der Waals surface area contributed by atoms with E-state index in [0.717, 1.165) is 12.2 Å². The van der Waals surface area contributed by atoms with Gasteiger partial charge in [0.1, 0.15) is 19.0 Å². The minimum atomic E-state index is -0.274. The molecule has 0 saturated heterocycles. The Bertz CT molecular complexity index is 777. The van der Waals surface area contributed by atoms with E-state index in [2.05, 4.69) is 26.1 Å². The molecular formula is C25H39N2O4+. The van der Waals surface area contributed by atoms with Crippen LogP contribution in [0.25, 0.3) is 0 Å². The van der Waals surface area contributed by atoms with Crippen LogP contribution in [0.4, 0.5) is 0 Å². The highest BCUT2D eigenvalue weighted by atomic mass is 16.6. The van der Waals surface area contributed by atoms with Gasteiger partial charge in [-0.1, -0.05) is 39.0 Å². The molecule has 6 nitrogen and oxygen atoms in total. The molecular weight excluding hydrogens is 392 g/mol. The number of fused-ring (bicyclic) bond motifs is 2. The molecule has 2 bridgehead atoms. The zero-order valence-corrected chi connectivity index (χ0v) is 19.8. The number of nitrogens with zero attached hydrogens (tertiary/aromatic N) is 1. The van der Waals surface area contributed by atoms with Gasteiger partial charge in [-0.05, 0) is 48.1 Å². The number of para-hydroxylation sites is 1. The third-order valence-electron chi connectivity index (χ3n) is 7.99. The standard InChI is InChI=1S/C25H38N2O4/c1-24(2)19-11-13-25(24,3)21(17-19)26-22(28)12-14-27(4,5)18-23(29)31-16-15-30-20-9-7-6-8-10-20/h6-10,19,21H,11-18H2,1-5H3/p+1/t19-,21-,25+/m0/s1. The van der Waals surface area contributed by atoms with Crippen molar-refractivity contribution in [2.75, 3.05) is 40.4 Å². The van der Waals surface area contributed by atoms with Crippen molar-refractivity contribution in [3.63, 3.8) is 0 Å². The van der Waals surface area contributed by atoms with E-state index in [4.69, 9.17) is 9.47 Å². The highest BCUT2D eigenvalue weighted by molar-refractivity contribution is 5.76. The quantitative estimate of drug-likeness (QED) is 0.350. The van der Waals surface area contributed by atoms with Crippen LogP contribution in [0.15, 0.2) is 30.3 Å². The molecule has 3 atom stereocenters. The molecule has 0 aromatic heterocycles. The van der Waals surface area contributed by atoms with E-state index in [9.17, 15) is 9.59 Å². The average Bonchev–Trinajstić information content (AvgIpc) is 3.04. The first-order valence-corrected chi connectivity index (χ1v) is 11.5. The van der Waals surface area contributed by atoms with Gasteiger partial charge in [-0.2, -0.15) is 0 Å². The fraction of sp³-hybridized carbons (Fsp3) is 0.680. The smallest absolute Gasteiger partial charge is 0.361 e. The third kappa shape index (κ3) is 5.40. The summed E-state index contributed by atoms with van der Waals surface area (Å²) in [6.45, 7) is 8.41. The molecule has 2 aliphatic carbocycles. The Morgan fingerprint density at radius 2 is 1.84 bits per heavy atom. The van der Waals surface area contributed by atoms with Gasteiger partial charge in [-0.25, -0.2) is 4.79 Å². The van der Waals surface area contributed by atoms with Crippen LogP contribution in [0, 0.1) is 16.7 Å². The fourth-order valence-corrected chi connectivity index (χ4v) is 5.40. The highest BCUT2D eigenvalue weighted by Crippen LogP contribution is 2.65. The summed E-state index contributed by atoms with van der Waals surface area (Å²) in [5.41, 5.74) is 0.470. The zero-order valence-electron chi connectivity index (χ0n) is 19.8. The van der Waals surface area contributed by atoms with Crippen LogP contribution in [0.1, 0.15) is 46.5 Å². The Balaban J connectivity index is 1.35. The number of likely N-dealkylation sites (N-methyl/N-ethyl adjacent to an activating group) is 1.